The summed E-state index contributed by atoms with van der Waals surface area (Å²) in [5, 5.41) is 0. The maximum Gasteiger partial charge on any atom is 0.239 e. The predicted octanol–water partition coefficient (Wildman–Crippen LogP) is 4.21. The van der Waals surface area contributed by atoms with Crippen molar-refractivity contribution in [1.82, 2.24) is 4.90 Å². The lowest BCUT2D eigenvalue weighted by Gasteiger charge is -2.33. The molecular weight excluding hydrogens is 401 g/mol. The summed E-state index contributed by atoms with van der Waals surface area (Å²) in [6, 6.07) is 18.1. The van der Waals surface area contributed by atoms with E-state index in [1.165, 1.54) is 5.56 Å². The molecule has 0 aliphatic carbocycles. The van der Waals surface area contributed by atoms with Crippen LogP contribution in [-0.4, -0.2) is 43.7 Å². The van der Waals surface area contributed by atoms with Crippen molar-refractivity contribution >= 4 is 24.0 Å². The van der Waals surface area contributed by atoms with Gasteiger partial charge in [0.2, 0.25) is 5.91 Å². The topological polar surface area (TPSA) is 49.6 Å². The first-order valence-corrected chi connectivity index (χ1v) is 10.5. The Morgan fingerprint density at radius 2 is 1.73 bits per heavy atom. The highest BCUT2D eigenvalue weighted by molar-refractivity contribution is 5.85. The lowest BCUT2D eigenvalue weighted by molar-refractivity contribution is -0.134. The number of carbonyl (C=O) groups excluding carboxylic acids is 1. The fourth-order valence-corrected chi connectivity index (χ4v) is 4.01. The van der Waals surface area contributed by atoms with E-state index in [4.69, 9.17) is 5.73 Å². The summed E-state index contributed by atoms with van der Waals surface area (Å²) in [4.78, 5) is 16.7. The Morgan fingerprint density at radius 1 is 1.10 bits per heavy atom. The highest BCUT2D eigenvalue weighted by atomic mass is 35.5. The number of piperidine rings is 1. The van der Waals surface area contributed by atoms with E-state index in [0.29, 0.717) is 31.8 Å². The zero-order chi connectivity index (χ0) is 20.6. The SMILES string of the molecule is CN(Cc1ccccc1)c1ccc(C[C@H](N)C(=O)N2CCC(CCF)CC2)cc1.Cl. The monoisotopic (exact) mass is 433 g/mol. The molecule has 0 aromatic heterocycles. The molecule has 0 radical (unpaired) electrons. The molecular formula is C24H33ClFN3O. The Bertz CT molecular complexity index is 764. The van der Waals surface area contributed by atoms with Gasteiger partial charge in [0.25, 0.3) is 0 Å². The molecule has 1 aliphatic rings. The summed E-state index contributed by atoms with van der Waals surface area (Å²) >= 11 is 0. The fraction of sp³-hybridized carbons (Fsp3) is 0.458. The maximum absolute atomic E-state index is 12.7. The van der Waals surface area contributed by atoms with Crippen LogP contribution in [-0.2, 0) is 17.8 Å². The summed E-state index contributed by atoms with van der Waals surface area (Å²) in [7, 11) is 2.07. The molecule has 4 nitrogen and oxygen atoms in total. The van der Waals surface area contributed by atoms with Gasteiger partial charge >= 0.3 is 0 Å². The number of hydrogen-bond donors (Lipinski definition) is 1. The number of alkyl halides is 1. The fourth-order valence-electron chi connectivity index (χ4n) is 4.01. The third-order valence-electron chi connectivity index (χ3n) is 5.86. The van der Waals surface area contributed by atoms with Crippen LogP contribution in [0.15, 0.2) is 54.6 Å². The average Bonchev–Trinajstić information content (AvgIpc) is 2.75. The molecule has 0 spiro atoms. The van der Waals surface area contributed by atoms with E-state index in [-0.39, 0.29) is 25.0 Å². The molecule has 1 fully saturated rings. The quantitative estimate of drug-likeness (QED) is 0.678. The Balaban J connectivity index is 0.00000320. The maximum atomic E-state index is 12.7. The number of halogens is 2. The van der Waals surface area contributed by atoms with E-state index in [1.807, 2.05) is 23.1 Å². The Hall–Kier alpha value is -2.11. The number of rotatable bonds is 8. The molecule has 1 amide bonds. The second kappa shape index (κ2) is 11.9. The molecule has 2 aromatic rings. The highest BCUT2D eigenvalue weighted by Crippen LogP contribution is 2.22. The lowest BCUT2D eigenvalue weighted by Crippen LogP contribution is -2.48. The number of hydrogen-bond acceptors (Lipinski definition) is 3. The smallest absolute Gasteiger partial charge is 0.239 e. The minimum atomic E-state index is -0.527. The van der Waals surface area contributed by atoms with Crippen LogP contribution in [0.5, 0.6) is 0 Å². The van der Waals surface area contributed by atoms with Crippen LogP contribution in [0.3, 0.4) is 0 Å². The van der Waals surface area contributed by atoms with Crippen LogP contribution in [0, 0.1) is 5.92 Å². The first kappa shape index (κ1) is 24.2. The van der Waals surface area contributed by atoms with Crippen LogP contribution in [0.25, 0.3) is 0 Å². The molecule has 164 valence electrons. The van der Waals surface area contributed by atoms with Crippen molar-refractivity contribution in [2.24, 2.45) is 11.7 Å². The van der Waals surface area contributed by atoms with Crippen molar-refractivity contribution in [2.75, 3.05) is 31.7 Å². The number of nitrogens with two attached hydrogens (primary N) is 1. The summed E-state index contributed by atoms with van der Waals surface area (Å²) in [5.74, 6) is 0.412. The summed E-state index contributed by atoms with van der Waals surface area (Å²) in [6.45, 7) is 1.96. The van der Waals surface area contributed by atoms with Crippen molar-refractivity contribution in [3.63, 3.8) is 0 Å². The summed E-state index contributed by atoms with van der Waals surface area (Å²) in [6.07, 6.45) is 2.90. The van der Waals surface area contributed by atoms with Crippen LogP contribution in [0.2, 0.25) is 0 Å². The molecule has 2 N–H and O–H groups in total. The van der Waals surface area contributed by atoms with E-state index < -0.39 is 6.04 Å². The molecule has 2 aromatic carbocycles. The van der Waals surface area contributed by atoms with Gasteiger partial charge in [-0.15, -0.1) is 12.4 Å². The molecule has 6 heteroatoms. The third kappa shape index (κ3) is 6.71. The molecule has 30 heavy (non-hydrogen) atoms. The van der Waals surface area contributed by atoms with Crippen molar-refractivity contribution in [1.29, 1.82) is 0 Å². The highest BCUT2D eigenvalue weighted by Gasteiger charge is 2.26. The first-order chi connectivity index (χ1) is 14.1. The summed E-state index contributed by atoms with van der Waals surface area (Å²) in [5.41, 5.74) is 9.67. The molecule has 1 saturated heterocycles. The Labute approximate surface area is 185 Å². The van der Waals surface area contributed by atoms with Gasteiger partial charge in [0.15, 0.2) is 0 Å². The molecule has 3 rings (SSSR count). The molecule has 1 atom stereocenters. The largest absolute Gasteiger partial charge is 0.370 e. The molecule has 0 unspecified atom stereocenters. The lowest BCUT2D eigenvalue weighted by atomic mass is 9.93. The van der Waals surface area contributed by atoms with Crippen LogP contribution in [0.1, 0.15) is 30.4 Å². The van der Waals surface area contributed by atoms with Crippen molar-refractivity contribution < 1.29 is 9.18 Å². The van der Waals surface area contributed by atoms with Crippen LogP contribution < -0.4 is 10.6 Å². The number of carbonyl (C=O) groups is 1. The van der Waals surface area contributed by atoms with E-state index >= 15 is 0 Å². The third-order valence-corrected chi connectivity index (χ3v) is 5.86. The van der Waals surface area contributed by atoms with Gasteiger partial charge in [0, 0.05) is 32.4 Å². The Morgan fingerprint density at radius 3 is 2.33 bits per heavy atom. The van der Waals surface area contributed by atoms with E-state index in [0.717, 1.165) is 30.6 Å². The standard InChI is InChI=1S/C24H32FN3O.ClH/c1-27(18-21-5-3-2-4-6-21)22-9-7-20(8-10-22)17-23(26)24(29)28-15-12-19(11-14-25)13-16-28;/h2-10,19,23H,11-18,26H2,1H3;1H/t23-;/m0./s1. The number of anilines is 1. The van der Waals surface area contributed by atoms with Gasteiger partial charge < -0.3 is 15.5 Å². The van der Waals surface area contributed by atoms with Gasteiger partial charge in [-0.05, 0) is 54.9 Å². The zero-order valence-electron chi connectivity index (χ0n) is 17.7. The molecule has 1 aliphatic heterocycles. The molecule has 0 bridgehead atoms. The van der Waals surface area contributed by atoms with Gasteiger partial charge in [-0.2, -0.15) is 0 Å². The predicted molar refractivity (Wildman–Crippen MR) is 124 cm³/mol. The van der Waals surface area contributed by atoms with Crippen LogP contribution >= 0.6 is 12.4 Å². The second-order valence-corrected chi connectivity index (χ2v) is 8.07. The summed E-state index contributed by atoms with van der Waals surface area (Å²) < 4.78 is 12.5. The van der Waals surface area contributed by atoms with Gasteiger partial charge in [0.05, 0.1) is 12.7 Å². The molecule has 1 heterocycles. The van der Waals surface area contributed by atoms with E-state index in [9.17, 15) is 9.18 Å². The first-order valence-electron chi connectivity index (χ1n) is 10.5. The van der Waals surface area contributed by atoms with E-state index in [1.54, 1.807) is 0 Å². The minimum Gasteiger partial charge on any atom is -0.370 e. The van der Waals surface area contributed by atoms with Gasteiger partial charge in [-0.3, -0.25) is 9.18 Å². The number of amides is 1. The van der Waals surface area contributed by atoms with Crippen molar-refractivity contribution in [3.05, 3.63) is 65.7 Å². The van der Waals surface area contributed by atoms with Gasteiger partial charge in [-0.1, -0.05) is 42.5 Å². The number of nitrogens with zero attached hydrogens (tertiary/aromatic N) is 2. The van der Waals surface area contributed by atoms with E-state index in [2.05, 4.69) is 48.3 Å². The second-order valence-electron chi connectivity index (χ2n) is 8.07. The average molecular weight is 434 g/mol. The number of benzene rings is 2. The zero-order valence-corrected chi connectivity index (χ0v) is 18.5. The minimum absolute atomic E-state index is 0. The van der Waals surface area contributed by atoms with Crippen LogP contribution in [0.4, 0.5) is 10.1 Å². The van der Waals surface area contributed by atoms with Gasteiger partial charge in [-0.25, -0.2) is 0 Å². The number of likely N-dealkylation sites (tertiary alicyclic amines) is 1. The van der Waals surface area contributed by atoms with Crippen molar-refractivity contribution in [2.45, 2.75) is 38.3 Å². The normalized spacial score (nSPS) is 15.4. The van der Waals surface area contributed by atoms with Gasteiger partial charge in [0.1, 0.15) is 0 Å². The Kier molecular flexibility index (Phi) is 9.60. The molecule has 0 saturated carbocycles. The van der Waals surface area contributed by atoms with Crippen molar-refractivity contribution in [3.8, 4) is 0 Å².